The monoisotopic (exact) mass is 433 g/mol. The van der Waals surface area contributed by atoms with Crippen LogP contribution < -0.4 is 10.2 Å². The van der Waals surface area contributed by atoms with E-state index in [1.54, 1.807) is 6.20 Å². The van der Waals surface area contributed by atoms with Gasteiger partial charge in [-0.05, 0) is 64.9 Å². The van der Waals surface area contributed by atoms with E-state index in [4.69, 9.17) is 0 Å². The molecule has 0 unspecified atom stereocenters. The number of benzene rings is 2. The summed E-state index contributed by atoms with van der Waals surface area (Å²) in [5.74, 6) is 0.112. The molecule has 0 aromatic heterocycles. The molecule has 0 aliphatic rings. The number of nitrogens with one attached hydrogen (secondary N) is 1. The Morgan fingerprint density at radius 3 is 2.12 bits per heavy atom. The zero-order valence-electron chi connectivity index (χ0n) is 20.8. The molecule has 4 nitrogen and oxygen atoms in total. The number of amides is 1. The third kappa shape index (κ3) is 8.18. The highest BCUT2D eigenvalue weighted by atomic mass is 16.2. The highest BCUT2D eigenvalue weighted by molar-refractivity contribution is 5.99. The fraction of sp³-hybridized carbons (Fsp3) is 0.357. The Balaban J connectivity index is 0.000000330. The molecule has 0 radical (unpaired) electrons. The molecule has 172 valence electrons. The first-order valence-corrected chi connectivity index (χ1v) is 11.2. The van der Waals surface area contributed by atoms with Crippen LogP contribution in [-0.4, -0.2) is 17.2 Å². The molecule has 4 heteroatoms. The van der Waals surface area contributed by atoms with Crippen LogP contribution in [0.25, 0.3) is 0 Å². The van der Waals surface area contributed by atoms with E-state index in [1.165, 1.54) is 5.56 Å². The third-order valence-corrected chi connectivity index (χ3v) is 4.82. The molecule has 1 N–H and O–H groups in total. The summed E-state index contributed by atoms with van der Waals surface area (Å²) in [5.41, 5.74) is 4.94. The lowest BCUT2D eigenvalue weighted by atomic mass is 10.0. The van der Waals surface area contributed by atoms with E-state index < -0.39 is 0 Å². The third-order valence-electron chi connectivity index (χ3n) is 4.82. The Morgan fingerprint density at radius 1 is 1.03 bits per heavy atom. The van der Waals surface area contributed by atoms with Gasteiger partial charge >= 0.3 is 0 Å². The molecule has 0 atom stereocenters. The molecular formula is C28H39N3O. The largest absolute Gasteiger partial charge is 0.361 e. The standard InChI is InChI=1S/C15H22N2O.C13H17N/c1-6-14(18)17(15(3,4)5)13-11-9-8-10-12(13)16-7-2;1-4-13(5-2)14-11(3)12-9-7-6-8-10-12/h7-11,16H,2,6H2,1,3-5H3;4,6-10H,5H2,1-3H3/b;13-4-,14-11?. The lowest BCUT2D eigenvalue weighted by Gasteiger charge is -2.36. The van der Waals surface area contributed by atoms with Gasteiger partial charge in [0.25, 0.3) is 0 Å². The lowest BCUT2D eigenvalue weighted by Crippen LogP contribution is -2.46. The number of anilines is 2. The van der Waals surface area contributed by atoms with Crippen LogP contribution in [-0.2, 0) is 4.79 Å². The minimum Gasteiger partial charge on any atom is -0.361 e. The Bertz CT molecular complexity index is 921. The molecule has 0 saturated heterocycles. The van der Waals surface area contributed by atoms with Crippen LogP contribution in [0.15, 0.2) is 84.1 Å². The Kier molecular flexibility index (Phi) is 11.2. The average Bonchev–Trinajstić information content (AvgIpc) is 2.78. The van der Waals surface area contributed by atoms with E-state index in [0.717, 1.165) is 29.2 Å². The van der Waals surface area contributed by atoms with Gasteiger partial charge in [-0.25, -0.2) is 0 Å². The van der Waals surface area contributed by atoms with Gasteiger partial charge < -0.3 is 10.2 Å². The number of allylic oxidation sites excluding steroid dienone is 2. The topological polar surface area (TPSA) is 44.7 Å². The van der Waals surface area contributed by atoms with Crippen molar-refractivity contribution in [1.29, 1.82) is 0 Å². The van der Waals surface area contributed by atoms with Gasteiger partial charge in [-0.15, -0.1) is 0 Å². The van der Waals surface area contributed by atoms with Crippen molar-refractivity contribution in [3.8, 4) is 0 Å². The summed E-state index contributed by atoms with van der Waals surface area (Å²) in [5, 5.41) is 3.08. The highest BCUT2D eigenvalue weighted by Gasteiger charge is 2.28. The van der Waals surface area contributed by atoms with E-state index >= 15 is 0 Å². The Hall–Kier alpha value is -3.14. The van der Waals surface area contributed by atoms with Gasteiger partial charge in [0.05, 0.1) is 11.4 Å². The summed E-state index contributed by atoms with van der Waals surface area (Å²) in [6.45, 7) is 17.8. The summed E-state index contributed by atoms with van der Waals surface area (Å²) in [7, 11) is 0. The summed E-state index contributed by atoms with van der Waals surface area (Å²) in [6.07, 6.45) is 5.16. The van der Waals surface area contributed by atoms with Gasteiger partial charge in [0.15, 0.2) is 0 Å². The predicted molar refractivity (Wildman–Crippen MR) is 140 cm³/mol. The van der Waals surface area contributed by atoms with Crippen LogP contribution in [0.4, 0.5) is 11.4 Å². The minimum absolute atomic E-state index is 0.112. The molecule has 0 fully saturated rings. The van der Waals surface area contributed by atoms with Crippen molar-refractivity contribution in [3.05, 3.63) is 84.7 Å². The van der Waals surface area contributed by atoms with Crippen molar-refractivity contribution < 1.29 is 4.79 Å². The molecule has 2 aromatic carbocycles. The maximum Gasteiger partial charge on any atom is 0.227 e. The maximum absolute atomic E-state index is 12.2. The molecule has 0 spiro atoms. The van der Waals surface area contributed by atoms with Crippen molar-refractivity contribution in [3.63, 3.8) is 0 Å². The van der Waals surface area contributed by atoms with E-state index in [2.05, 4.69) is 48.9 Å². The van der Waals surface area contributed by atoms with E-state index in [0.29, 0.717) is 6.42 Å². The van der Waals surface area contributed by atoms with Crippen LogP contribution in [0.2, 0.25) is 0 Å². The van der Waals surface area contributed by atoms with Crippen molar-refractivity contribution in [2.24, 2.45) is 4.99 Å². The zero-order valence-corrected chi connectivity index (χ0v) is 20.8. The van der Waals surface area contributed by atoms with Crippen LogP contribution in [0, 0.1) is 0 Å². The highest BCUT2D eigenvalue weighted by Crippen LogP contribution is 2.31. The minimum atomic E-state index is -0.258. The second-order valence-electron chi connectivity index (χ2n) is 8.32. The number of hydrogen-bond donors (Lipinski definition) is 1. The van der Waals surface area contributed by atoms with Crippen LogP contribution >= 0.6 is 0 Å². The molecule has 32 heavy (non-hydrogen) atoms. The predicted octanol–water partition coefficient (Wildman–Crippen LogP) is 7.59. The maximum atomic E-state index is 12.2. The van der Waals surface area contributed by atoms with Crippen molar-refractivity contribution in [2.45, 2.75) is 66.8 Å². The van der Waals surface area contributed by atoms with Crippen LogP contribution in [0.5, 0.6) is 0 Å². The van der Waals surface area contributed by atoms with E-state index in [-0.39, 0.29) is 11.4 Å². The van der Waals surface area contributed by atoms with Crippen molar-refractivity contribution >= 4 is 23.0 Å². The SMILES string of the molecule is C/C=C(/CC)N=C(C)c1ccccc1.C=CNc1ccccc1N(C(=O)CC)C(C)(C)C. The molecule has 2 aromatic rings. The normalized spacial score (nSPS) is 11.8. The molecule has 0 saturated carbocycles. The number of aliphatic imine (C=N–C) groups is 1. The van der Waals surface area contributed by atoms with E-state index in [9.17, 15) is 4.79 Å². The number of carbonyl (C=O) groups excluding carboxylic acids is 1. The fourth-order valence-corrected chi connectivity index (χ4v) is 3.24. The zero-order chi connectivity index (χ0) is 24.1. The molecular weight excluding hydrogens is 394 g/mol. The quantitative estimate of drug-likeness (QED) is 0.457. The van der Waals surface area contributed by atoms with E-state index in [1.807, 2.05) is 82.0 Å². The number of hydrogen-bond acceptors (Lipinski definition) is 3. The van der Waals surface area contributed by atoms with Gasteiger partial charge in [-0.1, -0.05) is 69.0 Å². The summed E-state index contributed by atoms with van der Waals surface area (Å²) >= 11 is 0. The molecule has 1 amide bonds. The van der Waals surface area contributed by atoms with Crippen LogP contribution in [0.1, 0.15) is 66.9 Å². The Labute approximate surface area is 194 Å². The smallest absolute Gasteiger partial charge is 0.227 e. The van der Waals surface area contributed by atoms with Gasteiger partial charge in [0, 0.05) is 23.4 Å². The van der Waals surface area contributed by atoms with Gasteiger partial charge in [0.1, 0.15) is 0 Å². The number of nitrogens with zero attached hydrogens (tertiary/aromatic N) is 2. The van der Waals surface area contributed by atoms with Crippen LogP contribution in [0.3, 0.4) is 0 Å². The average molecular weight is 434 g/mol. The summed E-state index contributed by atoms with van der Waals surface area (Å²) in [6, 6.07) is 18.0. The second-order valence-corrected chi connectivity index (χ2v) is 8.32. The van der Waals surface area contributed by atoms with Gasteiger partial charge in [0.2, 0.25) is 5.91 Å². The summed E-state index contributed by atoms with van der Waals surface area (Å²) < 4.78 is 0. The number of rotatable bonds is 7. The Morgan fingerprint density at radius 2 is 1.62 bits per heavy atom. The molecule has 2 rings (SSSR count). The first-order valence-electron chi connectivity index (χ1n) is 11.2. The molecule has 0 aliphatic carbocycles. The van der Waals surface area contributed by atoms with Crippen molar-refractivity contribution in [2.75, 3.05) is 10.2 Å². The second kappa shape index (κ2) is 13.3. The number of carbonyl (C=O) groups is 1. The molecule has 0 bridgehead atoms. The summed E-state index contributed by atoms with van der Waals surface area (Å²) in [4.78, 5) is 18.6. The first-order chi connectivity index (χ1) is 15.2. The molecule has 0 aliphatic heterocycles. The number of para-hydroxylation sites is 2. The van der Waals surface area contributed by atoms with Crippen molar-refractivity contribution in [1.82, 2.24) is 0 Å². The van der Waals surface area contributed by atoms with Gasteiger partial charge in [-0.3, -0.25) is 9.79 Å². The first kappa shape index (κ1) is 26.9. The van der Waals surface area contributed by atoms with Gasteiger partial charge in [-0.2, -0.15) is 0 Å². The lowest BCUT2D eigenvalue weighted by molar-refractivity contribution is -0.119. The fourth-order valence-electron chi connectivity index (χ4n) is 3.24. The molecule has 0 heterocycles.